The molecule has 0 atom stereocenters. The first kappa shape index (κ1) is 21.1. The van der Waals surface area contributed by atoms with Crippen LogP contribution in [0.1, 0.15) is 5.76 Å². The number of nitrogens with zero attached hydrogens (tertiary/aromatic N) is 3. The van der Waals surface area contributed by atoms with Crippen molar-refractivity contribution >= 4 is 40.9 Å². The van der Waals surface area contributed by atoms with Crippen molar-refractivity contribution < 1.29 is 14.3 Å². The van der Waals surface area contributed by atoms with E-state index in [1.54, 1.807) is 42.6 Å². The van der Waals surface area contributed by atoms with E-state index in [0.29, 0.717) is 38.8 Å². The van der Waals surface area contributed by atoms with E-state index in [1.165, 1.54) is 7.11 Å². The number of rotatable bonds is 5. The van der Waals surface area contributed by atoms with Gasteiger partial charge in [-0.2, -0.15) is 0 Å². The molecule has 0 amide bonds. The van der Waals surface area contributed by atoms with Crippen LogP contribution in [0.15, 0.2) is 82.3 Å². The van der Waals surface area contributed by atoms with Gasteiger partial charge in [0.1, 0.15) is 22.9 Å². The van der Waals surface area contributed by atoms with Crippen molar-refractivity contribution in [1.29, 1.82) is 0 Å². The Morgan fingerprint density at radius 3 is 2.61 bits per heavy atom. The summed E-state index contributed by atoms with van der Waals surface area (Å²) in [4.78, 5) is 9.41. The van der Waals surface area contributed by atoms with Crippen LogP contribution in [0.3, 0.4) is 0 Å². The Bertz CT molecular complexity index is 1480. The minimum Gasteiger partial charge on any atom is -0.504 e. The van der Waals surface area contributed by atoms with E-state index in [4.69, 9.17) is 37.3 Å². The second kappa shape index (κ2) is 8.65. The number of hydrogen-bond donors (Lipinski definition) is 1. The molecule has 0 aliphatic rings. The Morgan fingerprint density at radius 2 is 1.82 bits per heavy atom. The van der Waals surface area contributed by atoms with Crippen LogP contribution >= 0.6 is 23.2 Å². The van der Waals surface area contributed by atoms with Gasteiger partial charge in [0.15, 0.2) is 17.3 Å². The topological polar surface area (TPSA) is 72.3 Å². The van der Waals surface area contributed by atoms with Gasteiger partial charge in [0.25, 0.3) is 0 Å². The predicted octanol–water partition coefficient (Wildman–Crippen LogP) is 7.03. The predicted molar refractivity (Wildman–Crippen MR) is 130 cm³/mol. The number of imidazole rings is 1. The van der Waals surface area contributed by atoms with Gasteiger partial charge in [-0.3, -0.25) is 4.40 Å². The molecule has 0 spiro atoms. The number of ether oxygens (including phenoxy) is 1. The van der Waals surface area contributed by atoms with Crippen LogP contribution < -0.4 is 4.74 Å². The molecule has 5 rings (SSSR count). The molecule has 0 fully saturated rings. The molecule has 0 unspecified atom stereocenters. The first-order chi connectivity index (χ1) is 16.0. The summed E-state index contributed by atoms with van der Waals surface area (Å²) in [6.45, 7) is 0. The van der Waals surface area contributed by atoms with E-state index in [2.05, 4.69) is 4.99 Å². The molecule has 1 N–H and O–H groups in total. The Balaban J connectivity index is 1.55. The molecule has 6 nitrogen and oxygen atoms in total. The maximum atomic E-state index is 9.96. The average Bonchev–Trinajstić information content (AvgIpc) is 3.42. The number of aromatic nitrogens is 2. The van der Waals surface area contributed by atoms with Gasteiger partial charge in [0.05, 0.1) is 13.3 Å². The minimum atomic E-state index is 0.0549. The van der Waals surface area contributed by atoms with Crippen LogP contribution in [0, 0.1) is 0 Å². The molecular weight excluding hydrogens is 461 g/mol. The monoisotopic (exact) mass is 477 g/mol. The third-order valence-corrected chi connectivity index (χ3v) is 5.48. The largest absolute Gasteiger partial charge is 0.504 e. The van der Waals surface area contributed by atoms with Crippen molar-refractivity contribution in [2.75, 3.05) is 7.11 Å². The number of phenols is 1. The lowest BCUT2D eigenvalue weighted by molar-refractivity contribution is 0.373. The number of hydrogen-bond acceptors (Lipinski definition) is 5. The maximum Gasteiger partial charge on any atom is 0.165 e. The molecule has 0 aliphatic heterocycles. The lowest BCUT2D eigenvalue weighted by Crippen LogP contribution is -1.86. The van der Waals surface area contributed by atoms with Crippen LogP contribution in [0.5, 0.6) is 11.5 Å². The van der Waals surface area contributed by atoms with Gasteiger partial charge in [-0.15, -0.1) is 0 Å². The van der Waals surface area contributed by atoms with Gasteiger partial charge in [0.2, 0.25) is 0 Å². The zero-order valence-corrected chi connectivity index (χ0v) is 18.9. The number of methoxy groups -OCH3 is 1. The number of pyridine rings is 1. The second-order valence-corrected chi connectivity index (χ2v) is 8.09. The van der Waals surface area contributed by atoms with Gasteiger partial charge >= 0.3 is 0 Å². The number of aliphatic imine (C=N–C) groups is 1. The van der Waals surface area contributed by atoms with Crippen molar-refractivity contribution in [3.63, 3.8) is 0 Å². The highest BCUT2D eigenvalue weighted by atomic mass is 35.5. The van der Waals surface area contributed by atoms with Crippen LogP contribution in [-0.4, -0.2) is 27.8 Å². The molecule has 3 heterocycles. The molecule has 3 aromatic heterocycles. The Morgan fingerprint density at radius 1 is 1.00 bits per heavy atom. The molecule has 0 radical (unpaired) electrons. The van der Waals surface area contributed by atoms with Crippen molar-refractivity contribution in [2.45, 2.75) is 0 Å². The van der Waals surface area contributed by atoms with E-state index in [0.717, 1.165) is 16.8 Å². The molecule has 164 valence electrons. The summed E-state index contributed by atoms with van der Waals surface area (Å²) >= 11 is 12.2. The zero-order chi connectivity index (χ0) is 22.9. The Hall–Kier alpha value is -3.74. The normalized spacial score (nSPS) is 11.5. The minimum absolute atomic E-state index is 0.0549. The summed E-state index contributed by atoms with van der Waals surface area (Å²) in [5.74, 6) is 2.21. The fraction of sp³-hybridized carbons (Fsp3) is 0.0400. The average molecular weight is 478 g/mol. The van der Waals surface area contributed by atoms with Gasteiger partial charge in [-0.1, -0.05) is 29.3 Å². The van der Waals surface area contributed by atoms with E-state index in [-0.39, 0.29) is 5.75 Å². The van der Waals surface area contributed by atoms with Crippen LogP contribution in [0.2, 0.25) is 10.0 Å². The summed E-state index contributed by atoms with van der Waals surface area (Å²) in [7, 11) is 1.50. The lowest BCUT2D eigenvalue weighted by atomic mass is 10.1. The smallest absolute Gasteiger partial charge is 0.165 e. The summed E-state index contributed by atoms with van der Waals surface area (Å²) < 4.78 is 13.1. The Labute approximate surface area is 199 Å². The summed E-state index contributed by atoms with van der Waals surface area (Å²) in [5, 5.41) is 11.0. The highest BCUT2D eigenvalue weighted by Crippen LogP contribution is 2.36. The van der Waals surface area contributed by atoms with Gasteiger partial charge in [-0.05, 0) is 60.7 Å². The van der Waals surface area contributed by atoms with E-state index in [1.807, 2.05) is 40.9 Å². The summed E-state index contributed by atoms with van der Waals surface area (Å²) in [5.41, 5.74) is 2.91. The molecule has 8 heteroatoms. The molecular formula is C25H17Cl2N3O3. The van der Waals surface area contributed by atoms with Crippen LogP contribution in [0.4, 0.5) is 5.82 Å². The Kier molecular flexibility index (Phi) is 5.54. The number of fused-ring (bicyclic) bond motifs is 1. The van der Waals surface area contributed by atoms with Crippen LogP contribution in [-0.2, 0) is 0 Å². The molecule has 0 saturated heterocycles. The zero-order valence-electron chi connectivity index (χ0n) is 17.4. The number of aromatic hydroxyl groups is 1. The molecule has 5 aromatic rings. The van der Waals surface area contributed by atoms with E-state index in [9.17, 15) is 5.11 Å². The first-order valence-corrected chi connectivity index (χ1v) is 10.7. The highest BCUT2D eigenvalue weighted by Gasteiger charge is 2.15. The third-order valence-electron chi connectivity index (χ3n) is 5.05. The summed E-state index contributed by atoms with van der Waals surface area (Å²) in [6.07, 6.45) is 3.52. The van der Waals surface area contributed by atoms with Crippen molar-refractivity contribution in [2.24, 2.45) is 4.99 Å². The van der Waals surface area contributed by atoms with E-state index >= 15 is 0 Å². The standard InChI is InChI=1S/C25H17Cl2N3O3/c1-32-22-12-15(5-7-20(22)31)24-25(30-9-3-2-4-23(30)29-24)28-14-19-6-8-21(33-19)16-10-17(26)13-18(27)11-16/h2-14,31H,1H3. The van der Waals surface area contributed by atoms with Gasteiger partial charge in [-0.25, -0.2) is 9.98 Å². The third kappa shape index (κ3) is 4.18. The second-order valence-electron chi connectivity index (χ2n) is 7.22. The molecule has 2 aromatic carbocycles. The number of phenolic OH excluding ortho intramolecular Hbond substituents is 1. The molecule has 0 bridgehead atoms. The number of halogens is 2. The van der Waals surface area contributed by atoms with Crippen molar-refractivity contribution in [3.05, 3.63) is 88.7 Å². The number of benzene rings is 2. The molecule has 0 aliphatic carbocycles. The summed E-state index contributed by atoms with van der Waals surface area (Å²) in [6, 6.07) is 19.7. The van der Waals surface area contributed by atoms with Gasteiger partial charge in [0, 0.05) is 27.4 Å². The fourth-order valence-electron chi connectivity index (χ4n) is 3.52. The maximum absolute atomic E-state index is 9.96. The number of furan rings is 1. The van der Waals surface area contributed by atoms with E-state index < -0.39 is 0 Å². The van der Waals surface area contributed by atoms with Crippen molar-refractivity contribution in [3.8, 4) is 34.1 Å². The van der Waals surface area contributed by atoms with Gasteiger partial charge < -0.3 is 14.3 Å². The lowest BCUT2D eigenvalue weighted by Gasteiger charge is -2.05. The molecule has 0 saturated carbocycles. The highest BCUT2D eigenvalue weighted by molar-refractivity contribution is 6.35. The van der Waals surface area contributed by atoms with Crippen molar-refractivity contribution in [1.82, 2.24) is 9.38 Å². The van der Waals surface area contributed by atoms with Crippen LogP contribution in [0.25, 0.3) is 28.2 Å². The quantitative estimate of drug-likeness (QED) is 0.275. The fourth-order valence-corrected chi connectivity index (χ4v) is 4.05. The molecule has 33 heavy (non-hydrogen) atoms. The first-order valence-electron chi connectivity index (χ1n) is 9.96. The SMILES string of the molecule is COc1cc(-c2nc3ccccn3c2N=Cc2ccc(-c3cc(Cl)cc(Cl)c3)o2)ccc1O.